The normalized spacial score (nSPS) is 13.4. The Morgan fingerprint density at radius 2 is 1.74 bits per heavy atom. The van der Waals surface area contributed by atoms with Crippen LogP contribution < -0.4 is 4.74 Å². The molecule has 0 fully saturated rings. The van der Waals surface area contributed by atoms with Gasteiger partial charge in [-0.25, -0.2) is 19.0 Å². The topological polar surface area (TPSA) is 73.1 Å². The zero-order chi connectivity index (χ0) is 23.7. The van der Waals surface area contributed by atoms with Crippen molar-refractivity contribution < 1.29 is 13.9 Å². The lowest BCUT2D eigenvalue weighted by molar-refractivity contribution is -0.131. The molecule has 0 atom stereocenters. The van der Waals surface area contributed by atoms with Gasteiger partial charge in [-0.2, -0.15) is 0 Å². The number of nitrogens with zero attached hydrogens (tertiary/aromatic N) is 5. The molecule has 34 heavy (non-hydrogen) atoms. The van der Waals surface area contributed by atoms with Crippen LogP contribution in [-0.2, 0) is 24.2 Å². The van der Waals surface area contributed by atoms with Crippen molar-refractivity contribution in [1.29, 1.82) is 0 Å². The molecule has 0 spiro atoms. The smallest absolute Gasteiger partial charge is 0.244 e. The van der Waals surface area contributed by atoms with Crippen molar-refractivity contribution in [2.75, 3.05) is 20.2 Å². The third kappa shape index (κ3) is 4.56. The van der Waals surface area contributed by atoms with E-state index < -0.39 is 0 Å². The minimum atomic E-state index is -0.331. The summed E-state index contributed by atoms with van der Waals surface area (Å²) in [5, 5.41) is 5.72. The van der Waals surface area contributed by atoms with Crippen molar-refractivity contribution in [3.63, 3.8) is 0 Å². The fourth-order valence-electron chi connectivity index (χ4n) is 4.10. The van der Waals surface area contributed by atoms with Crippen molar-refractivity contribution in [3.8, 4) is 28.5 Å². The summed E-state index contributed by atoms with van der Waals surface area (Å²) in [6, 6.07) is 13.5. The fraction of sp³-hybridized carbons (Fsp3) is 0.280. The molecular weight excluding hydrogens is 453 g/mol. The van der Waals surface area contributed by atoms with Crippen LogP contribution in [0.2, 0.25) is 0 Å². The molecule has 0 aliphatic carbocycles. The zero-order valence-corrected chi connectivity index (χ0v) is 19.8. The lowest BCUT2D eigenvalue weighted by Gasteiger charge is -2.20. The number of fused-ring (bicyclic) bond motifs is 1. The van der Waals surface area contributed by atoms with E-state index in [1.807, 2.05) is 36.1 Å². The van der Waals surface area contributed by atoms with Gasteiger partial charge >= 0.3 is 0 Å². The van der Waals surface area contributed by atoms with Gasteiger partial charge < -0.3 is 9.64 Å². The highest BCUT2D eigenvalue weighted by molar-refractivity contribution is 7.11. The summed E-state index contributed by atoms with van der Waals surface area (Å²) in [5.74, 6) is 1.39. The largest absolute Gasteiger partial charge is 0.497 e. The minimum Gasteiger partial charge on any atom is -0.497 e. The summed E-state index contributed by atoms with van der Waals surface area (Å²) in [5.41, 5.74) is 2.60. The van der Waals surface area contributed by atoms with Gasteiger partial charge in [-0.3, -0.25) is 4.79 Å². The van der Waals surface area contributed by atoms with Gasteiger partial charge in [-0.1, -0.05) is 0 Å². The van der Waals surface area contributed by atoms with E-state index in [2.05, 4.69) is 10.1 Å². The first kappa shape index (κ1) is 22.2. The SMILES string of the molecule is COc1ccc(-c2nc(-c3ccc(F)cc3)n(CC(=O)N3CCc4nc(C)sc4CC3)n2)cc1. The summed E-state index contributed by atoms with van der Waals surface area (Å²) >= 11 is 1.71. The maximum absolute atomic E-state index is 13.5. The van der Waals surface area contributed by atoms with Crippen LogP contribution in [0.1, 0.15) is 15.6 Å². The zero-order valence-electron chi connectivity index (χ0n) is 19.0. The Morgan fingerprint density at radius 3 is 2.47 bits per heavy atom. The van der Waals surface area contributed by atoms with Crippen LogP contribution in [-0.4, -0.2) is 50.8 Å². The summed E-state index contributed by atoms with van der Waals surface area (Å²) in [7, 11) is 1.61. The molecule has 0 saturated carbocycles. The number of carbonyl (C=O) groups is 1. The number of halogens is 1. The molecule has 0 saturated heterocycles. The molecule has 2 aromatic heterocycles. The van der Waals surface area contributed by atoms with Crippen LogP contribution in [0.15, 0.2) is 48.5 Å². The van der Waals surface area contributed by atoms with Crippen molar-refractivity contribution in [3.05, 3.63) is 69.9 Å². The lowest BCUT2D eigenvalue weighted by atomic mass is 10.2. The molecule has 1 amide bonds. The number of thiazole rings is 1. The average molecular weight is 478 g/mol. The second kappa shape index (κ2) is 9.34. The van der Waals surface area contributed by atoms with Gasteiger partial charge in [0.15, 0.2) is 11.6 Å². The summed E-state index contributed by atoms with van der Waals surface area (Å²) in [4.78, 5) is 25.7. The standard InChI is InChI=1S/C25H24FN5O2S/c1-16-27-21-11-13-30(14-12-22(21)34-16)23(32)15-31-25(18-3-7-19(26)8-4-18)28-24(29-31)17-5-9-20(33-2)10-6-17/h3-10H,11-15H2,1-2H3. The highest BCUT2D eigenvalue weighted by Crippen LogP contribution is 2.26. The molecule has 174 valence electrons. The van der Waals surface area contributed by atoms with E-state index >= 15 is 0 Å². The van der Waals surface area contributed by atoms with Crippen LogP contribution in [0.5, 0.6) is 5.75 Å². The van der Waals surface area contributed by atoms with Crippen LogP contribution in [0.25, 0.3) is 22.8 Å². The second-order valence-electron chi connectivity index (χ2n) is 8.14. The van der Waals surface area contributed by atoms with Gasteiger partial charge in [-0.15, -0.1) is 16.4 Å². The van der Waals surface area contributed by atoms with Crippen LogP contribution in [0.4, 0.5) is 4.39 Å². The van der Waals surface area contributed by atoms with Gasteiger partial charge in [-0.05, 0) is 55.5 Å². The number of rotatable bonds is 5. The maximum atomic E-state index is 13.5. The Labute approximate surface area is 200 Å². The molecule has 3 heterocycles. The molecule has 0 unspecified atom stereocenters. The quantitative estimate of drug-likeness (QED) is 0.432. The van der Waals surface area contributed by atoms with E-state index in [0.717, 1.165) is 34.9 Å². The summed E-state index contributed by atoms with van der Waals surface area (Å²) < 4.78 is 20.4. The molecule has 9 heteroatoms. The summed E-state index contributed by atoms with van der Waals surface area (Å²) in [6.07, 6.45) is 1.57. The van der Waals surface area contributed by atoms with E-state index in [1.165, 1.54) is 17.0 Å². The van der Waals surface area contributed by atoms with Gasteiger partial charge in [0.2, 0.25) is 5.91 Å². The molecule has 1 aliphatic rings. The Hall–Kier alpha value is -3.59. The fourth-order valence-corrected chi connectivity index (χ4v) is 5.07. The molecule has 7 nitrogen and oxygen atoms in total. The predicted octanol–water partition coefficient (Wildman–Crippen LogP) is 4.15. The lowest BCUT2D eigenvalue weighted by Crippen LogP contribution is -2.36. The van der Waals surface area contributed by atoms with Crippen molar-refractivity contribution in [1.82, 2.24) is 24.6 Å². The third-order valence-electron chi connectivity index (χ3n) is 5.87. The monoisotopic (exact) mass is 477 g/mol. The number of methoxy groups -OCH3 is 1. The van der Waals surface area contributed by atoms with E-state index in [-0.39, 0.29) is 18.3 Å². The van der Waals surface area contributed by atoms with Crippen molar-refractivity contribution in [2.24, 2.45) is 0 Å². The average Bonchev–Trinajstić information content (AvgIpc) is 3.36. The minimum absolute atomic E-state index is 0.0265. The first-order valence-corrected chi connectivity index (χ1v) is 11.9. The Balaban J connectivity index is 1.42. The molecule has 5 rings (SSSR count). The highest BCUT2D eigenvalue weighted by Gasteiger charge is 2.23. The molecule has 0 N–H and O–H groups in total. The number of ether oxygens (including phenoxy) is 1. The van der Waals surface area contributed by atoms with E-state index in [1.54, 1.807) is 35.3 Å². The number of aromatic nitrogens is 4. The van der Waals surface area contributed by atoms with Gasteiger partial charge in [0, 0.05) is 41.9 Å². The molecule has 2 aromatic carbocycles. The van der Waals surface area contributed by atoms with Crippen LogP contribution in [0.3, 0.4) is 0 Å². The van der Waals surface area contributed by atoms with E-state index in [9.17, 15) is 9.18 Å². The number of carbonyl (C=O) groups excluding carboxylic acids is 1. The molecule has 1 aliphatic heterocycles. The first-order valence-electron chi connectivity index (χ1n) is 11.1. The third-order valence-corrected chi connectivity index (χ3v) is 6.95. The van der Waals surface area contributed by atoms with Crippen molar-refractivity contribution in [2.45, 2.75) is 26.3 Å². The van der Waals surface area contributed by atoms with Crippen molar-refractivity contribution >= 4 is 17.2 Å². The maximum Gasteiger partial charge on any atom is 0.244 e. The van der Waals surface area contributed by atoms with E-state index in [4.69, 9.17) is 9.72 Å². The Bertz CT molecular complexity index is 1290. The van der Waals surface area contributed by atoms with Crippen LogP contribution >= 0.6 is 11.3 Å². The van der Waals surface area contributed by atoms with E-state index in [0.29, 0.717) is 30.3 Å². The Morgan fingerprint density at radius 1 is 1.03 bits per heavy atom. The number of aryl methyl sites for hydroxylation is 1. The Kier molecular flexibility index (Phi) is 6.10. The second-order valence-corrected chi connectivity index (χ2v) is 9.42. The number of benzene rings is 2. The van der Waals surface area contributed by atoms with Crippen LogP contribution in [0, 0.1) is 12.7 Å². The van der Waals surface area contributed by atoms with Gasteiger partial charge in [0.25, 0.3) is 0 Å². The first-order chi connectivity index (χ1) is 16.5. The molecule has 0 bridgehead atoms. The van der Waals surface area contributed by atoms with Gasteiger partial charge in [0.1, 0.15) is 18.1 Å². The molecular formula is C25H24FN5O2S. The number of hydrogen-bond donors (Lipinski definition) is 0. The molecule has 4 aromatic rings. The highest BCUT2D eigenvalue weighted by atomic mass is 32.1. The number of amides is 1. The number of hydrogen-bond acceptors (Lipinski definition) is 6. The molecule has 0 radical (unpaired) electrons. The summed E-state index contributed by atoms with van der Waals surface area (Å²) in [6.45, 7) is 3.35. The predicted molar refractivity (Wildman–Crippen MR) is 128 cm³/mol. The van der Waals surface area contributed by atoms with Gasteiger partial charge in [0.05, 0.1) is 17.8 Å².